The molecule has 0 amide bonds. The summed E-state index contributed by atoms with van der Waals surface area (Å²) < 4.78 is 19.0. The van der Waals surface area contributed by atoms with E-state index in [1.165, 1.54) is 6.07 Å². The van der Waals surface area contributed by atoms with E-state index in [1.807, 2.05) is 0 Å². The molecule has 0 aliphatic heterocycles. The number of benzene rings is 1. The van der Waals surface area contributed by atoms with Gasteiger partial charge in [-0.3, -0.25) is 0 Å². The molecule has 7 nitrogen and oxygen atoms in total. The van der Waals surface area contributed by atoms with E-state index in [2.05, 4.69) is 20.5 Å². The Bertz CT molecular complexity index is 675. The highest BCUT2D eigenvalue weighted by molar-refractivity contribution is 6.31. The summed E-state index contributed by atoms with van der Waals surface area (Å²) in [5.74, 6) is -0.209. The zero-order valence-corrected chi connectivity index (χ0v) is 13.2. The molecule has 1 atom stereocenters. The molecule has 0 spiro atoms. The fourth-order valence-electron chi connectivity index (χ4n) is 1.77. The molecule has 0 aliphatic rings. The Hall–Kier alpha value is -2.03. The fourth-order valence-corrected chi connectivity index (χ4v) is 1.85. The van der Waals surface area contributed by atoms with E-state index in [4.69, 9.17) is 22.1 Å². The fraction of sp³-hybridized carbons (Fsp3) is 0.357. The van der Waals surface area contributed by atoms with E-state index in [-0.39, 0.29) is 42.6 Å². The standard InChI is InChI=1S/C14H17ClFN5O2/c1-14(7-22,19-13-18-12(17)11(15)20-21-13)8-23-6-9-4-2-3-5-10(9)16/h2-5,22H,6-8H2,1H3,(H3,17,18,19,21). The normalized spacial score (nSPS) is 13.6. The highest BCUT2D eigenvalue weighted by Gasteiger charge is 2.25. The Morgan fingerprint density at radius 3 is 2.78 bits per heavy atom. The number of hydrogen-bond donors (Lipinski definition) is 3. The summed E-state index contributed by atoms with van der Waals surface area (Å²) >= 11 is 5.65. The topological polar surface area (TPSA) is 106 Å². The second kappa shape index (κ2) is 7.49. The van der Waals surface area contributed by atoms with Gasteiger partial charge in [0.25, 0.3) is 0 Å². The van der Waals surface area contributed by atoms with Gasteiger partial charge in [-0.15, -0.1) is 10.2 Å². The molecule has 1 unspecified atom stereocenters. The summed E-state index contributed by atoms with van der Waals surface area (Å²) in [7, 11) is 0. The predicted molar refractivity (Wildman–Crippen MR) is 84.4 cm³/mol. The summed E-state index contributed by atoms with van der Waals surface area (Å²) in [6.45, 7) is 1.59. The Kier molecular flexibility index (Phi) is 5.64. The van der Waals surface area contributed by atoms with Crippen molar-refractivity contribution in [3.63, 3.8) is 0 Å². The van der Waals surface area contributed by atoms with Crippen molar-refractivity contribution in [2.45, 2.75) is 19.1 Å². The van der Waals surface area contributed by atoms with Crippen LogP contribution in [-0.4, -0.2) is 39.0 Å². The number of nitrogens with zero attached hydrogens (tertiary/aromatic N) is 3. The molecule has 4 N–H and O–H groups in total. The number of halogens is 2. The monoisotopic (exact) mass is 341 g/mol. The lowest BCUT2D eigenvalue weighted by Gasteiger charge is -2.28. The van der Waals surface area contributed by atoms with Gasteiger partial charge < -0.3 is 20.9 Å². The van der Waals surface area contributed by atoms with Gasteiger partial charge in [0, 0.05) is 5.56 Å². The molecule has 2 aromatic rings. The second-order valence-electron chi connectivity index (χ2n) is 5.24. The maximum atomic E-state index is 13.5. The molecule has 0 saturated heterocycles. The van der Waals surface area contributed by atoms with Gasteiger partial charge in [-0.05, 0) is 13.0 Å². The third-order valence-electron chi connectivity index (χ3n) is 3.07. The van der Waals surface area contributed by atoms with Crippen molar-refractivity contribution >= 4 is 23.4 Å². The van der Waals surface area contributed by atoms with Crippen LogP contribution in [0.15, 0.2) is 24.3 Å². The molecule has 0 bridgehead atoms. The predicted octanol–water partition coefficient (Wildman–Crippen LogP) is 1.63. The smallest absolute Gasteiger partial charge is 0.245 e. The average molecular weight is 342 g/mol. The number of ether oxygens (including phenoxy) is 1. The lowest BCUT2D eigenvalue weighted by molar-refractivity contribution is 0.0602. The number of anilines is 2. The molecule has 1 aromatic carbocycles. The minimum atomic E-state index is -0.896. The Labute approximate surface area is 137 Å². The maximum Gasteiger partial charge on any atom is 0.245 e. The molecular formula is C14H17ClFN5O2. The third kappa shape index (κ3) is 4.72. The Balaban J connectivity index is 1.97. The van der Waals surface area contributed by atoms with Crippen LogP contribution in [0.3, 0.4) is 0 Å². The molecule has 9 heteroatoms. The molecule has 0 fully saturated rings. The van der Waals surface area contributed by atoms with Gasteiger partial charge in [-0.2, -0.15) is 4.98 Å². The molecule has 124 valence electrons. The highest BCUT2D eigenvalue weighted by Crippen LogP contribution is 2.17. The van der Waals surface area contributed by atoms with E-state index in [0.717, 1.165) is 0 Å². The summed E-state index contributed by atoms with van der Waals surface area (Å²) in [4.78, 5) is 3.92. The molecule has 0 saturated carbocycles. The van der Waals surface area contributed by atoms with Gasteiger partial charge in [0.2, 0.25) is 5.95 Å². The minimum absolute atomic E-state index is 0.00273. The van der Waals surface area contributed by atoms with Crippen LogP contribution < -0.4 is 11.1 Å². The van der Waals surface area contributed by atoms with Crippen LogP contribution in [0.25, 0.3) is 0 Å². The van der Waals surface area contributed by atoms with Gasteiger partial charge in [-0.25, -0.2) is 4.39 Å². The number of nitrogen functional groups attached to an aromatic ring is 1. The number of nitrogens with two attached hydrogens (primary N) is 1. The van der Waals surface area contributed by atoms with Gasteiger partial charge in [-0.1, -0.05) is 29.8 Å². The van der Waals surface area contributed by atoms with Crippen molar-refractivity contribution in [2.24, 2.45) is 0 Å². The van der Waals surface area contributed by atoms with Crippen LogP contribution in [0.5, 0.6) is 0 Å². The zero-order valence-electron chi connectivity index (χ0n) is 12.5. The second-order valence-corrected chi connectivity index (χ2v) is 5.60. The van der Waals surface area contributed by atoms with E-state index in [1.54, 1.807) is 25.1 Å². The lowest BCUT2D eigenvalue weighted by Crippen LogP contribution is -2.44. The van der Waals surface area contributed by atoms with Crippen LogP contribution in [-0.2, 0) is 11.3 Å². The first kappa shape index (κ1) is 17.3. The van der Waals surface area contributed by atoms with E-state index >= 15 is 0 Å². The quantitative estimate of drug-likeness (QED) is 0.702. The van der Waals surface area contributed by atoms with Crippen molar-refractivity contribution in [3.8, 4) is 0 Å². The van der Waals surface area contributed by atoms with Crippen LogP contribution in [0.2, 0.25) is 5.15 Å². The number of rotatable bonds is 7. The average Bonchev–Trinajstić information content (AvgIpc) is 2.53. The molecule has 1 aromatic heterocycles. The lowest BCUT2D eigenvalue weighted by atomic mass is 10.1. The highest BCUT2D eigenvalue weighted by atomic mass is 35.5. The number of nitrogens with one attached hydrogen (secondary N) is 1. The zero-order chi connectivity index (χ0) is 16.9. The Morgan fingerprint density at radius 1 is 1.39 bits per heavy atom. The SMILES string of the molecule is CC(CO)(COCc1ccccc1F)Nc1nnc(Cl)c(N)n1. The van der Waals surface area contributed by atoms with Crippen molar-refractivity contribution in [2.75, 3.05) is 24.3 Å². The van der Waals surface area contributed by atoms with E-state index < -0.39 is 5.54 Å². The first-order valence-corrected chi connectivity index (χ1v) is 7.17. The minimum Gasteiger partial charge on any atom is -0.394 e. The summed E-state index contributed by atoms with van der Waals surface area (Å²) in [5, 5.41) is 19.8. The van der Waals surface area contributed by atoms with Crippen molar-refractivity contribution < 1.29 is 14.2 Å². The van der Waals surface area contributed by atoms with E-state index in [9.17, 15) is 9.50 Å². The molecule has 2 rings (SSSR count). The van der Waals surface area contributed by atoms with Crippen LogP contribution >= 0.6 is 11.6 Å². The summed E-state index contributed by atoms with van der Waals surface area (Å²) in [5.41, 5.74) is 5.09. The third-order valence-corrected chi connectivity index (χ3v) is 3.34. The van der Waals surface area contributed by atoms with Crippen LogP contribution in [0.4, 0.5) is 16.2 Å². The van der Waals surface area contributed by atoms with E-state index in [0.29, 0.717) is 5.56 Å². The van der Waals surface area contributed by atoms with Gasteiger partial charge in [0.05, 0.1) is 25.4 Å². The first-order valence-electron chi connectivity index (χ1n) is 6.79. The Morgan fingerprint density at radius 2 is 2.13 bits per heavy atom. The molecule has 0 radical (unpaired) electrons. The largest absolute Gasteiger partial charge is 0.394 e. The molecular weight excluding hydrogens is 325 g/mol. The molecule has 0 aliphatic carbocycles. The van der Waals surface area contributed by atoms with Crippen molar-refractivity contribution in [1.29, 1.82) is 0 Å². The number of aliphatic hydroxyl groups is 1. The van der Waals surface area contributed by atoms with Crippen LogP contribution in [0, 0.1) is 5.82 Å². The van der Waals surface area contributed by atoms with Gasteiger partial charge >= 0.3 is 0 Å². The maximum absolute atomic E-state index is 13.5. The van der Waals surface area contributed by atoms with Crippen molar-refractivity contribution in [3.05, 3.63) is 40.8 Å². The molecule has 1 heterocycles. The summed E-state index contributed by atoms with van der Waals surface area (Å²) in [6, 6.07) is 6.32. The number of aliphatic hydroxyl groups excluding tert-OH is 1. The molecule has 23 heavy (non-hydrogen) atoms. The first-order chi connectivity index (χ1) is 10.9. The van der Waals surface area contributed by atoms with Gasteiger partial charge in [0.1, 0.15) is 5.82 Å². The van der Waals surface area contributed by atoms with Gasteiger partial charge in [0.15, 0.2) is 11.0 Å². The number of hydrogen-bond acceptors (Lipinski definition) is 7. The van der Waals surface area contributed by atoms with Crippen molar-refractivity contribution in [1.82, 2.24) is 15.2 Å². The summed E-state index contributed by atoms with van der Waals surface area (Å²) in [6.07, 6.45) is 0. The number of aromatic nitrogens is 3. The van der Waals surface area contributed by atoms with Crippen LogP contribution in [0.1, 0.15) is 12.5 Å².